The van der Waals surface area contributed by atoms with Gasteiger partial charge >= 0.3 is 5.97 Å². The maximum atomic E-state index is 12.5. The molecule has 144 valence electrons. The predicted molar refractivity (Wildman–Crippen MR) is 108 cm³/mol. The van der Waals surface area contributed by atoms with E-state index in [0.717, 1.165) is 10.4 Å². The number of hydrogen-bond donors (Lipinski definition) is 2. The molecule has 0 aliphatic rings. The summed E-state index contributed by atoms with van der Waals surface area (Å²) in [5, 5.41) is 12.1. The van der Waals surface area contributed by atoms with Crippen molar-refractivity contribution in [2.24, 2.45) is 5.92 Å². The molecule has 0 fully saturated rings. The highest BCUT2D eigenvalue weighted by molar-refractivity contribution is 7.19. The largest absolute Gasteiger partial charge is 0.478 e. The molecule has 0 unspecified atom stereocenters. The van der Waals surface area contributed by atoms with Crippen LogP contribution in [0.4, 0.5) is 5.13 Å². The normalized spacial score (nSPS) is 10.8. The van der Waals surface area contributed by atoms with Crippen molar-refractivity contribution in [1.82, 2.24) is 9.55 Å². The van der Waals surface area contributed by atoms with E-state index in [-0.39, 0.29) is 22.9 Å². The van der Waals surface area contributed by atoms with Gasteiger partial charge in [-0.25, -0.2) is 9.78 Å². The summed E-state index contributed by atoms with van der Waals surface area (Å²) in [5.74, 6) is -1.05. The van der Waals surface area contributed by atoms with E-state index in [1.165, 1.54) is 40.2 Å². The maximum absolute atomic E-state index is 12.5. The zero-order valence-electron chi connectivity index (χ0n) is 15.4. The molecule has 3 aromatic rings. The zero-order chi connectivity index (χ0) is 20.3. The first-order chi connectivity index (χ1) is 13.3. The number of nitrogens with one attached hydrogen (secondary N) is 1. The number of aromatic carboxylic acids is 1. The summed E-state index contributed by atoms with van der Waals surface area (Å²) in [7, 11) is 0. The lowest BCUT2D eigenvalue weighted by Crippen LogP contribution is -2.23. The standard InChI is InChI=1S/C20H19N3O4S/c1-12(2)10-23-11-15(7-8-17(23)24)18(25)22-20-21-9-16(28-20)13-3-5-14(6-4-13)19(26)27/h3-9,11-12H,10H2,1-2H3,(H,26,27)(H,21,22,25). The Morgan fingerprint density at radius 2 is 1.82 bits per heavy atom. The molecule has 0 aliphatic carbocycles. The van der Waals surface area contributed by atoms with Crippen LogP contribution in [0.25, 0.3) is 10.4 Å². The number of carboxylic acid groups (broad SMARTS) is 1. The smallest absolute Gasteiger partial charge is 0.335 e. The monoisotopic (exact) mass is 397 g/mol. The molecule has 1 aromatic carbocycles. The Balaban J connectivity index is 1.75. The topological polar surface area (TPSA) is 101 Å². The molecule has 0 bridgehead atoms. The second-order valence-corrected chi connectivity index (χ2v) is 7.70. The third-order valence-corrected chi connectivity index (χ3v) is 4.91. The van der Waals surface area contributed by atoms with Crippen molar-refractivity contribution in [2.75, 3.05) is 5.32 Å². The fourth-order valence-electron chi connectivity index (χ4n) is 2.61. The Bertz CT molecular complexity index is 1070. The van der Waals surface area contributed by atoms with Gasteiger partial charge in [-0.2, -0.15) is 0 Å². The number of carbonyl (C=O) groups is 2. The number of anilines is 1. The van der Waals surface area contributed by atoms with E-state index < -0.39 is 5.97 Å². The fraction of sp³-hybridized carbons (Fsp3) is 0.200. The van der Waals surface area contributed by atoms with Gasteiger partial charge in [0.15, 0.2) is 5.13 Å². The van der Waals surface area contributed by atoms with Gasteiger partial charge < -0.3 is 9.67 Å². The van der Waals surface area contributed by atoms with E-state index in [4.69, 9.17) is 5.11 Å². The summed E-state index contributed by atoms with van der Waals surface area (Å²) < 4.78 is 1.52. The van der Waals surface area contributed by atoms with Crippen molar-refractivity contribution >= 4 is 28.3 Å². The van der Waals surface area contributed by atoms with Gasteiger partial charge in [0.2, 0.25) is 0 Å². The number of benzene rings is 1. The fourth-order valence-corrected chi connectivity index (χ4v) is 3.43. The number of carboxylic acids is 1. The molecule has 1 amide bonds. The van der Waals surface area contributed by atoms with E-state index >= 15 is 0 Å². The lowest BCUT2D eigenvalue weighted by Gasteiger charge is -2.10. The average molecular weight is 397 g/mol. The second-order valence-electron chi connectivity index (χ2n) is 6.67. The van der Waals surface area contributed by atoms with Crippen LogP contribution in [-0.4, -0.2) is 26.5 Å². The first-order valence-electron chi connectivity index (χ1n) is 8.65. The molecule has 2 N–H and O–H groups in total. The zero-order valence-corrected chi connectivity index (χ0v) is 16.2. The molecular weight excluding hydrogens is 378 g/mol. The van der Waals surface area contributed by atoms with E-state index in [2.05, 4.69) is 10.3 Å². The summed E-state index contributed by atoms with van der Waals surface area (Å²) in [6, 6.07) is 9.32. The van der Waals surface area contributed by atoms with Crippen LogP contribution in [0.3, 0.4) is 0 Å². The molecule has 0 atom stereocenters. The first-order valence-corrected chi connectivity index (χ1v) is 9.46. The van der Waals surface area contributed by atoms with Crippen LogP contribution in [0, 0.1) is 5.92 Å². The van der Waals surface area contributed by atoms with Crippen LogP contribution in [0.15, 0.2) is 53.6 Å². The Labute approximate surface area is 165 Å². The summed E-state index contributed by atoms with van der Waals surface area (Å²) >= 11 is 1.28. The van der Waals surface area contributed by atoms with E-state index in [1.807, 2.05) is 13.8 Å². The maximum Gasteiger partial charge on any atom is 0.335 e. The number of nitrogens with zero attached hydrogens (tertiary/aromatic N) is 2. The van der Waals surface area contributed by atoms with Crippen molar-refractivity contribution in [2.45, 2.75) is 20.4 Å². The van der Waals surface area contributed by atoms with E-state index in [0.29, 0.717) is 17.2 Å². The number of hydrogen-bond acceptors (Lipinski definition) is 5. The van der Waals surface area contributed by atoms with Crippen molar-refractivity contribution in [3.05, 3.63) is 70.3 Å². The Morgan fingerprint density at radius 1 is 1.14 bits per heavy atom. The number of pyridine rings is 1. The predicted octanol–water partition coefficient (Wildman–Crippen LogP) is 3.58. The van der Waals surface area contributed by atoms with E-state index in [9.17, 15) is 14.4 Å². The SMILES string of the molecule is CC(C)Cn1cc(C(=O)Nc2ncc(-c3ccc(C(=O)O)cc3)s2)ccc1=O. The molecule has 8 heteroatoms. The quantitative estimate of drug-likeness (QED) is 0.662. The number of thiazole rings is 1. The van der Waals surface area contributed by atoms with Crippen LogP contribution in [0.2, 0.25) is 0 Å². The lowest BCUT2D eigenvalue weighted by atomic mass is 10.1. The van der Waals surface area contributed by atoms with Gasteiger partial charge in [0.25, 0.3) is 11.5 Å². The Kier molecular flexibility index (Phi) is 5.70. The first kappa shape index (κ1) is 19.5. The van der Waals surface area contributed by atoms with Gasteiger partial charge in [-0.3, -0.25) is 14.9 Å². The second kappa shape index (κ2) is 8.18. The van der Waals surface area contributed by atoms with Crippen molar-refractivity contribution in [1.29, 1.82) is 0 Å². The number of carbonyl (C=O) groups excluding carboxylic acids is 1. The van der Waals surface area contributed by atoms with Gasteiger partial charge in [-0.05, 0) is 29.7 Å². The van der Waals surface area contributed by atoms with Crippen LogP contribution >= 0.6 is 11.3 Å². The summed E-state index contributed by atoms with van der Waals surface area (Å²) in [4.78, 5) is 40.3. The minimum Gasteiger partial charge on any atom is -0.478 e. The highest BCUT2D eigenvalue weighted by Crippen LogP contribution is 2.29. The Hall–Kier alpha value is -3.26. The molecule has 0 saturated carbocycles. The number of amides is 1. The third-order valence-electron chi connectivity index (χ3n) is 3.95. The van der Waals surface area contributed by atoms with Crippen LogP contribution in [0.5, 0.6) is 0 Å². The molecule has 0 radical (unpaired) electrons. The van der Waals surface area contributed by atoms with Gasteiger partial charge in [-0.15, -0.1) is 0 Å². The average Bonchev–Trinajstić information content (AvgIpc) is 3.11. The number of rotatable bonds is 6. The minimum atomic E-state index is -0.984. The molecule has 7 nitrogen and oxygen atoms in total. The molecule has 3 rings (SSSR count). The lowest BCUT2D eigenvalue weighted by molar-refractivity contribution is 0.0696. The van der Waals surface area contributed by atoms with Gasteiger partial charge in [0.05, 0.1) is 16.0 Å². The minimum absolute atomic E-state index is 0.147. The number of aromatic nitrogens is 2. The van der Waals surface area contributed by atoms with Gasteiger partial charge in [0, 0.05) is 25.0 Å². The van der Waals surface area contributed by atoms with Gasteiger partial charge in [-0.1, -0.05) is 37.3 Å². The highest BCUT2D eigenvalue weighted by Gasteiger charge is 2.12. The van der Waals surface area contributed by atoms with Crippen molar-refractivity contribution < 1.29 is 14.7 Å². The van der Waals surface area contributed by atoms with Crippen LogP contribution in [-0.2, 0) is 6.54 Å². The van der Waals surface area contributed by atoms with Crippen LogP contribution < -0.4 is 10.9 Å². The summed E-state index contributed by atoms with van der Waals surface area (Å²) in [6.45, 7) is 4.53. The van der Waals surface area contributed by atoms with Crippen molar-refractivity contribution in [3.8, 4) is 10.4 Å². The van der Waals surface area contributed by atoms with Crippen LogP contribution in [0.1, 0.15) is 34.6 Å². The molecule has 0 aliphatic heterocycles. The molecule has 2 heterocycles. The molecule has 28 heavy (non-hydrogen) atoms. The molecule has 2 aromatic heterocycles. The highest BCUT2D eigenvalue weighted by atomic mass is 32.1. The third kappa shape index (κ3) is 4.52. The Morgan fingerprint density at radius 3 is 2.46 bits per heavy atom. The summed E-state index contributed by atoms with van der Waals surface area (Å²) in [5.41, 5.74) is 1.25. The van der Waals surface area contributed by atoms with Gasteiger partial charge in [0.1, 0.15) is 0 Å². The molecular formula is C20H19N3O4S. The molecule has 0 spiro atoms. The summed E-state index contributed by atoms with van der Waals surface area (Å²) in [6.07, 6.45) is 3.17. The van der Waals surface area contributed by atoms with Crippen molar-refractivity contribution in [3.63, 3.8) is 0 Å². The molecule has 0 saturated heterocycles. The van der Waals surface area contributed by atoms with E-state index in [1.54, 1.807) is 24.5 Å².